The molecular weight excluding hydrogens is 222 g/mol. The summed E-state index contributed by atoms with van der Waals surface area (Å²) in [7, 11) is 1.65. The summed E-state index contributed by atoms with van der Waals surface area (Å²) >= 11 is 1.53. The number of ether oxygens (including phenoxy) is 1. The highest BCUT2D eigenvalue weighted by Crippen LogP contribution is 2.26. The molecule has 0 unspecified atom stereocenters. The zero-order chi connectivity index (χ0) is 11.4. The number of nitrogens with two attached hydrogens (primary N) is 1. The molecule has 0 fully saturated rings. The molecule has 5 heteroatoms. The summed E-state index contributed by atoms with van der Waals surface area (Å²) in [6, 6.07) is 7.77. The lowest BCUT2D eigenvalue weighted by atomic mass is 10.3. The number of hydrogen-bond donors (Lipinski definition) is 1. The highest BCUT2D eigenvalue weighted by molar-refractivity contribution is 7.99. The van der Waals surface area contributed by atoms with Crippen LogP contribution in [0.25, 0.3) is 0 Å². The number of nitrogens with zero attached hydrogens (tertiary/aromatic N) is 2. The van der Waals surface area contributed by atoms with E-state index >= 15 is 0 Å². The summed E-state index contributed by atoms with van der Waals surface area (Å²) in [5, 5.41) is 0.819. The lowest BCUT2D eigenvalue weighted by Gasteiger charge is -2.02. The first-order valence-corrected chi connectivity index (χ1v) is 5.49. The molecule has 0 saturated carbocycles. The third-order valence-corrected chi connectivity index (χ3v) is 2.86. The summed E-state index contributed by atoms with van der Waals surface area (Å²) in [5.41, 5.74) is 5.46. The van der Waals surface area contributed by atoms with Crippen LogP contribution in [0.3, 0.4) is 0 Å². The van der Waals surface area contributed by atoms with Gasteiger partial charge in [0, 0.05) is 4.90 Å². The van der Waals surface area contributed by atoms with Gasteiger partial charge >= 0.3 is 0 Å². The number of aromatic nitrogens is 2. The molecule has 2 N–H and O–H groups in total. The molecule has 0 aliphatic carbocycles. The van der Waals surface area contributed by atoms with Gasteiger partial charge in [0.1, 0.15) is 16.6 Å². The van der Waals surface area contributed by atoms with Crippen LogP contribution in [0.1, 0.15) is 0 Å². The van der Waals surface area contributed by atoms with Crippen molar-refractivity contribution < 1.29 is 4.74 Å². The van der Waals surface area contributed by atoms with Crippen molar-refractivity contribution in [1.82, 2.24) is 9.97 Å². The lowest BCUT2D eigenvalue weighted by molar-refractivity contribution is 0.414. The van der Waals surface area contributed by atoms with Gasteiger partial charge in [-0.2, -0.15) is 0 Å². The average Bonchev–Trinajstić information content (AvgIpc) is 2.33. The first kappa shape index (κ1) is 10.8. The molecule has 0 radical (unpaired) electrons. The van der Waals surface area contributed by atoms with Crippen LogP contribution < -0.4 is 10.5 Å². The minimum atomic E-state index is 0.430. The van der Waals surface area contributed by atoms with Crippen molar-refractivity contribution in [3.05, 3.63) is 36.7 Å². The Kier molecular flexibility index (Phi) is 3.26. The Morgan fingerprint density at radius 2 is 1.88 bits per heavy atom. The van der Waals surface area contributed by atoms with Gasteiger partial charge < -0.3 is 10.5 Å². The molecule has 4 nitrogen and oxygen atoms in total. The first-order chi connectivity index (χ1) is 7.78. The van der Waals surface area contributed by atoms with Crippen LogP contribution in [0, 0.1) is 0 Å². The molecule has 0 aliphatic heterocycles. The van der Waals surface area contributed by atoms with Crippen molar-refractivity contribution in [3.63, 3.8) is 0 Å². The molecule has 0 saturated heterocycles. The van der Waals surface area contributed by atoms with E-state index in [-0.39, 0.29) is 0 Å². The van der Waals surface area contributed by atoms with Gasteiger partial charge in [-0.05, 0) is 24.3 Å². The van der Waals surface area contributed by atoms with Crippen LogP contribution in [0.4, 0.5) is 5.82 Å². The van der Waals surface area contributed by atoms with Gasteiger partial charge in [-0.25, -0.2) is 9.97 Å². The molecule has 0 spiro atoms. The maximum absolute atomic E-state index is 5.46. The molecule has 2 aromatic rings. The molecule has 16 heavy (non-hydrogen) atoms. The number of rotatable bonds is 3. The van der Waals surface area contributed by atoms with Gasteiger partial charge in [0.2, 0.25) is 0 Å². The van der Waals surface area contributed by atoms with Crippen LogP contribution >= 0.6 is 11.8 Å². The molecule has 1 aromatic heterocycles. The predicted octanol–water partition coefficient (Wildman–Crippen LogP) is 2.22. The lowest BCUT2D eigenvalue weighted by Crippen LogP contribution is -1.91. The highest BCUT2D eigenvalue weighted by Gasteiger charge is 1.99. The van der Waals surface area contributed by atoms with E-state index in [1.807, 2.05) is 24.3 Å². The number of benzene rings is 1. The Bertz CT molecular complexity index is 456. The van der Waals surface area contributed by atoms with Gasteiger partial charge in [-0.3, -0.25) is 0 Å². The maximum Gasteiger partial charge on any atom is 0.141 e. The summed E-state index contributed by atoms with van der Waals surface area (Å²) in [6.07, 6.45) is 3.20. The molecule has 1 aromatic carbocycles. The molecule has 0 atom stereocenters. The van der Waals surface area contributed by atoms with E-state index in [1.54, 1.807) is 19.5 Å². The van der Waals surface area contributed by atoms with E-state index in [0.29, 0.717) is 5.82 Å². The SMILES string of the molecule is COc1ccc(Sc2cnc(N)cn2)cc1. The first-order valence-electron chi connectivity index (χ1n) is 4.67. The molecule has 2 rings (SSSR count). The van der Waals surface area contributed by atoms with Gasteiger partial charge in [-0.1, -0.05) is 11.8 Å². The number of hydrogen-bond acceptors (Lipinski definition) is 5. The molecule has 0 amide bonds. The smallest absolute Gasteiger partial charge is 0.141 e. The summed E-state index contributed by atoms with van der Waals surface area (Å²) in [6.45, 7) is 0. The van der Waals surface area contributed by atoms with Crippen LogP contribution in [0.5, 0.6) is 5.75 Å². The van der Waals surface area contributed by atoms with E-state index in [2.05, 4.69) is 9.97 Å². The Hall–Kier alpha value is -1.75. The second kappa shape index (κ2) is 4.85. The zero-order valence-corrected chi connectivity index (χ0v) is 9.57. The second-order valence-corrected chi connectivity index (χ2v) is 4.15. The van der Waals surface area contributed by atoms with Gasteiger partial charge in [-0.15, -0.1) is 0 Å². The van der Waals surface area contributed by atoms with Crippen LogP contribution in [-0.4, -0.2) is 17.1 Å². The highest BCUT2D eigenvalue weighted by atomic mass is 32.2. The van der Waals surface area contributed by atoms with Gasteiger partial charge in [0.05, 0.1) is 19.5 Å². The van der Waals surface area contributed by atoms with Crippen LogP contribution in [0.2, 0.25) is 0 Å². The molecule has 82 valence electrons. The third kappa shape index (κ3) is 2.64. The summed E-state index contributed by atoms with van der Waals surface area (Å²) in [5.74, 6) is 1.27. The summed E-state index contributed by atoms with van der Waals surface area (Å²) in [4.78, 5) is 9.22. The van der Waals surface area contributed by atoms with Crippen LogP contribution in [0.15, 0.2) is 46.6 Å². The maximum atomic E-state index is 5.46. The minimum absolute atomic E-state index is 0.430. The van der Waals surface area contributed by atoms with Crippen molar-refractivity contribution in [1.29, 1.82) is 0 Å². The van der Waals surface area contributed by atoms with E-state index in [9.17, 15) is 0 Å². The Morgan fingerprint density at radius 1 is 1.12 bits per heavy atom. The normalized spacial score (nSPS) is 10.1. The van der Waals surface area contributed by atoms with E-state index in [1.165, 1.54) is 11.8 Å². The second-order valence-electron chi connectivity index (χ2n) is 3.06. The van der Waals surface area contributed by atoms with E-state index in [4.69, 9.17) is 10.5 Å². The fraction of sp³-hybridized carbons (Fsp3) is 0.0909. The topological polar surface area (TPSA) is 61.0 Å². The van der Waals surface area contributed by atoms with Crippen LogP contribution in [-0.2, 0) is 0 Å². The number of methoxy groups -OCH3 is 1. The molecule has 1 heterocycles. The quantitative estimate of drug-likeness (QED) is 0.880. The van der Waals surface area contributed by atoms with E-state index in [0.717, 1.165) is 15.7 Å². The molecular formula is C11H11N3OS. The fourth-order valence-corrected chi connectivity index (χ4v) is 1.87. The zero-order valence-electron chi connectivity index (χ0n) is 8.75. The van der Waals surface area contributed by atoms with Gasteiger partial charge in [0.15, 0.2) is 0 Å². The largest absolute Gasteiger partial charge is 0.497 e. The monoisotopic (exact) mass is 233 g/mol. The average molecular weight is 233 g/mol. The third-order valence-electron chi connectivity index (χ3n) is 1.93. The number of nitrogen functional groups attached to an aromatic ring is 1. The van der Waals surface area contributed by atoms with E-state index < -0.39 is 0 Å². The van der Waals surface area contributed by atoms with Crippen molar-refractivity contribution >= 4 is 17.6 Å². The Labute approximate surface area is 97.9 Å². The Morgan fingerprint density at radius 3 is 2.44 bits per heavy atom. The Balaban J connectivity index is 2.11. The van der Waals surface area contributed by atoms with Crippen molar-refractivity contribution in [2.45, 2.75) is 9.92 Å². The molecule has 0 bridgehead atoms. The summed E-state index contributed by atoms with van der Waals surface area (Å²) < 4.78 is 5.08. The molecule has 0 aliphatic rings. The number of anilines is 1. The fourth-order valence-electron chi connectivity index (χ4n) is 1.14. The van der Waals surface area contributed by atoms with Crippen molar-refractivity contribution in [2.24, 2.45) is 0 Å². The predicted molar refractivity (Wildman–Crippen MR) is 63.6 cm³/mol. The van der Waals surface area contributed by atoms with Gasteiger partial charge in [0.25, 0.3) is 0 Å². The minimum Gasteiger partial charge on any atom is -0.497 e. The standard InChI is InChI=1S/C11H11N3OS/c1-15-8-2-4-9(5-3-8)16-11-7-13-10(12)6-14-11/h2-7H,1H3,(H2,12,13). The van der Waals surface area contributed by atoms with Crippen molar-refractivity contribution in [3.8, 4) is 5.75 Å². The van der Waals surface area contributed by atoms with Crippen molar-refractivity contribution in [2.75, 3.05) is 12.8 Å².